The van der Waals surface area contributed by atoms with Gasteiger partial charge in [-0.25, -0.2) is 8.42 Å². The van der Waals surface area contributed by atoms with E-state index < -0.39 is 27.2 Å². The molecule has 0 spiro atoms. The zero-order chi connectivity index (χ0) is 14.9. The van der Waals surface area contributed by atoms with E-state index in [1.54, 1.807) is 0 Å². The van der Waals surface area contributed by atoms with Crippen molar-refractivity contribution in [3.05, 3.63) is 0 Å². The molecular weight excluding hydrogens is 282 g/mol. The van der Waals surface area contributed by atoms with Gasteiger partial charge in [-0.2, -0.15) is 4.31 Å². The molecule has 2 aliphatic rings. The largest absolute Gasteiger partial charge is 0.469 e. The van der Waals surface area contributed by atoms with Gasteiger partial charge in [0.1, 0.15) is 0 Å². The Morgan fingerprint density at radius 1 is 1.30 bits per heavy atom. The molecule has 2 fully saturated rings. The smallest absolute Gasteiger partial charge is 0.310 e. The predicted octanol–water partition coefficient (Wildman–Crippen LogP) is 0.767. The van der Waals surface area contributed by atoms with Crippen LogP contribution in [0.1, 0.15) is 33.1 Å². The summed E-state index contributed by atoms with van der Waals surface area (Å²) in [7, 11) is -2.19. The second-order valence-corrected chi connectivity index (χ2v) is 7.81. The maximum Gasteiger partial charge on any atom is 0.310 e. The number of hydrogen-bond acceptors (Lipinski definition) is 5. The summed E-state index contributed by atoms with van der Waals surface area (Å²) >= 11 is 0. The van der Waals surface area contributed by atoms with Crippen molar-refractivity contribution in [2.24, 2.45) is 5.92 Å². The fourth-order valence-electron chi connectivity index (χ4n) is 3.10. The molecule has 1 aliphatic heterocycles. The molecule has 116 valence electrons. The highest BCUT2D eigenvalue weighted by Crippen LogP contribution is 2.35. The fourth-order valence-corrected chi connectivity index (χ4v) is 5.56. The van der Waals surface area contributed by atoms with Gasteiger partial charge in [-0.05, 0) is 26.7 Å². The quantitative estimate of drug-likeness (QED) is 0.720. The number of hydrogen-bond donors (Lipinski definition) is 0. The van der Waals surface area contributed by atoms with Gasteiger partial charge in [0.15, 0.2) is 0 Å². The highest BCUT2D eigenvalue weighted by molar-refractivity contribution is 7.89. The molecule has 4 unspecified atom stereocenters. The lowest BCUT2D eigenvalue weighted by Crippen LogP contribution is -2.53. The van der Waals surface area contributed by atoms with Crippen molar-refractivity contribution in [1.82, 2.24) is 4.31 Å². The van der Waals surface area contributed by atoms with Crippen LogP contribution in [0, 0.1) is 5.92 Å². The van der Waals surface area contributed by atoms with Gasteiger partial charge in [0.2, 0.25) is 10.0 Å². The van der Waals surface area contributed by atoms with Crippen molar-refractivity contribution >= 4 is 16.0 Å². The zero-order valence-corrected chi connectivity index (χ0v) is 13.1. The summed E-state index contributed by atoms with van der Waals surface area (Å²) < 4.78 is 37.4. The van der Waals surface area contributed by atoms with Gasteiger partial charge in [-0.15, -0.1) is 0 Å². The summed E-state index contributed by atoms with van der Waals surface area (Å²) in [4.78, 5) is 11.8. The lowest BCUT2D eigenvalue weighted by Gasteiger charge is -2.38. The van der Waals surface area contributed by atoms with E-state index >= 15 is 0 Å². The summed E-state index contributed by atoms with van der Waals surface area (Å²) in [6, 6.07) is -0.185. The predicted molar refractivity (Wildman–Crippen MR) is 73.6 cm³/mol. The minimum absolute atomic E-state index is 0.112. The van der Waals surface area contributed by atoms with Crippen molar-refractivity contribution in [2.75, 3.05) is 20.3 Å². The third-order valence-electron chi connectivity index (χ3n) is 4.22. The van der Waals surface area contributed by atoms with E-state index in [4.69, 9.17) is 9.47 Å². The minimum Gasteiger partial charge on any atom is -0.469 e. The summed E-state index contributed by atoms with van der Waals surface area (Å²) in [5, 5.41) is -0.650. The van der Waals surface area contributed by atoms with Crippen LogP contribution in [0.3, 0.4) is 0 Å². The van der Waals surface area contributed by atoms with E-state index in [0.717, 1.165) is 6.42 Å². The monoisotopic (exact) mass is 305 g/mol. The van der Waals surface area contributed by atoms with E-state index in [0.29, 0.717) is 26.0 Å². The second-order valence-electron chi connectivity index (χ2n) is 5.71. The van der Waals surface area contributed by atoms with Crippen LogP contribution in [-0.2, 0) is 24.3 Å². The molecule has 2 rings (SSSR count). The van der Waals surface area contributed by atoms with Crippen molar-refractivity contribution in [2.45, 2.75) is 50.5 Å². The van der Waals surface area contributed by atoms with Crippen LogP contribution in [-0.4, -0.2) is 56.3 Å². The van der Waals surface area contributed by atoms with Gasteiger partial charge >= 0.3 is 5.97 Å². The number of esters is 1. The molecular formula is C13H23NO5S. The Kier molecular flexibility index (Phi) is 4.71. The third-order valence-corrected chi connectivity index (χ3v) is 6.71. The number of carbonyl (C=O) groups excluding carboxylic acids is 1. The first-order valence-corrected chi connectivity index (χ1v) is 8.58. The number of rotatable bonds is 3. The molecule has 6 nitrogen and oxygen atoms in total. The van der Waals surface area contributed by atoms with E-state index in [9.17, 15) is 13.2 Å². The van der Waals surface area contributed by atoms with Gasteiger partial charge in [0.05, 0.1) is 31.0 Å². The van der Waals surface area contributed by atoms with Crippen molar-refractivity contribution in [1.29, 1.82) is 0 Å². The topological polar surface area (TPSA) is 72.9 Å². The highest BCUT2D eigenvalue weighted by atomic mass is 32.2. The lowest BCUT2D eigenvalue weighted by atomic mass is 10.1. The first-order valence-electron chi connectivity index (χ1n) is 7.08. The summed E-state index contributed by atoms with van der Waals surface area (Å²) in [5.41, 5.74) is 0. The SMILES string of the molecule is COC(=O)C1CCCC1S(=O)(=O)N1CC(C)OCC1C. The average Bonchev–Trinajstić information content (AvgIpc) is 2.90. The van der Waals surface area contributed by atoms with Gasteiger partial charge in [0.25, 0.3) is 0 Å². The number of sulfonamides is 1. The Hall–Kier alpha value is -0.660. The molecule has 1 saturated carbocycles. The van der Waals surface area contributed by atoms with E-state index in [1.807, 2.05) is 13.8 Å². The van der Waals surface area contributed by atoms with Crippen molar-refractivity contribution < 1.29 is 22.7 Å². The normalized spacial score (nSPS) is 36.0. The van der Waals surface area contributed by atoms with Crippen LogP contribution in [0.2, 0.25) is 0 Å². The van der Waals surface area contributed by atoms with Gasteiger partial charge < -0.3 is 9.47 Å². The number of ether oxygens (including phenoxy) is 2. The molecule has 0 aromatic heterocycles. The number of nitrogens with zero attached hydrogens (tertiary/aromatic N) is 1. The van der Waals surface area contributed by atoms with E-state index in [1.165, 1.54) is 11.4 Å². The Morgan fingerprint density at radius 2 is 2.00 bits per heavy atom. The number of methoxy groups -OCH3 is 1. The van der Waals surface area contributed by atoms with E-state index in [2.05, 4.69) is 0 Å². The highest BCUT2D eigenvalue weighted by Gasteiger charge is 2.46. The molecule has 7 heteroatoms. The van der Waals surface area contributed by atoms with Crippen LogP contribution in [0.5, 0.6) is 0 Å². The lowest BCUT2D eigenvalue weighted by molar-refractivity contribution is -0.145. The Morgan fingerprint density at radius 3 is 2.65 bits per heavy atom. The first kappa shape index (κ1) is 15.7. The maximum absolute atomic E-state index is 12.8. The van der Waals surface area contributed by atoms with Gasteiger partial charge in [0, 0.05) is 12.6 Å². The molecule has 0 amide bonds. The third kappa shape index (κ3) is 2.84. The molecule has 0 aromatic carbocycles. The summed E-state index contributed by atoms with van der Waals surface area (Å²) in [6.07, 6.45) is 1.75. The van der Waals surface area contributed by atoms with Crippen LogP contribution in [0.15, 0.2) is 0 Å². The average molecular weight is 305 g/mol. The van der Waals surface area contributed by atoms with E-state index in [-0.39, 0.29) is 12.1 Å². The molecule has 4 atom stereocenters. The minimum atomic E-state index is -3.50. The molecule has 0 bridgehead atoms. The van der Waals surface area contributed by atoms with Gasteiger partial charge in [-0.1, -0.05) is 6.42 Å². The Labute approximate surface area is 120 Å². The van der Waals surface area contributed by atoms with Crippen molar-refractivity contribution in [3.8, 4) is 0 Å². The molecule has 1 aliphatic carbocycles. The van der Waals surface area contributed by atoms with Crippen LogP contribution in [0.4, 0.5) is 0 Å². The molecule has 0 N–H and O–H groups in total. The molecule has 1 saturated heterocycles. The van der Waals surface area contributed by atoms with Crippen LogP contribution < -0.4 is 0 Å². The second kappa shape index (κ2) is 5.99. The van der Waals surface area contributed by atoms with Crippen molar-refractivity contribution in [3.63, 3.8) is 0 Å². The Bertz CT molecular complexity index is 463. The molecule has 0 radical (unpaired) electrons. The molecule has 0 aromatic rings. The summed E-state index contributed by atoms with van der Waals surface area (Å²) in [6.45, 7) is 4.45. The number of morpholine rings is 1. The maximum atomic E-state index is 12.8. The van der Waals surface area contributed by atoms with Crippen LogP contribution >= 0.6 is 0 Å². The van der Waals surface area contributed by atoms with Gasteiger partial charge in [-0.3, -0.25) is 4.79 Å². The summed E-state index contributed by atoms with van der Waals surface area (Å²) in [5.74, 6) is -0.944. The standard InChI is InChI=1S/C13H23NO5S/c1-9-8-19-10(2)7-14(9)20(16,17)12-6-4-5-11(12)13(15)18-3/h9-12H,4-8H2,1-3H3. The number of carbonyl (C=O) groups is 1. The first-order chi connectivity index (χ1) is 9.37. The Balaban J connectivity index is 2.22. The zero-order valence-electron chi connectivity index (χ0n) is 12.2. The van der Waals surface area contributed by atoms with Crippen LogP contribution in [0.25, 0.3) is 0 Å². The molecule has 1 heterocycles. The molecule has 20 heavy (non-hydrogen) atoms. The fraction of sp³-hybridized carbons (Fsp3) is 0.923.